The van der Waals surface area contributed by atoms with Crippen LogP contribution in [-0.4, -0.2) is 21.8 Å². The second kappa shape index (κ2) is 2.89. The second-order valence-corrected chi connectivity index (χ2v) is 5.59. The first-order valence-corrected chi connectivity index (χ1v) is 4.71. The summed E-state index contributed by atoms with van der Waals surface area (Å²) in [5.41, 5.74) is -0.595. The van der Waals surface area contributed by atoms with Gasteiger partial charge in [0, 0.05) is 0 Å². The minimum atomic E-state index is -1.34. The molecule has 1 fully saturated rings. The Morgan fingerprint density at radius 2 is 1.58 bits per heavy atom. The zero-order valence-electron chi connectivity index (χ0n) is 7.16. The Kier molecular flexibility index (Phi) is 2.62. The first-order chi connectivity index (χ1) is 5.16. The van der Waals surface area contributed by atoms with Gasteiger partial charge in [-0.25, -0.2) is 0 Å². The quantitative estimate of drug-likeness (QED) is 0.599. The lowest BCUT2D eigenvalue weighted by molar-refractivity contribution is -0.226. The fourth-order valence-corrected chi connectivity index (χ4v) is 1.51. The number of rotatable bonds is 0. The van der Waals surface area contributed by atoms with Gasteiger partial charge < -0.3 is 9.47 Å². The van der Waals surface area contributed by atoms with E-state index < -0.39 is 15.2 Å². The Bertz CT molecular complexity index is 189. The SMILES string of the molecule is CC1(C)OCC(Cl)(Cl)OC1(C)Cl. The number of halogens is 3. The summed E-state index contributed by atoms with van der Waals surface area (Å²) in [6.45, 7) is 5.44. The van der Waals surface area contributed by atoms with Gasteiger partial charge in [0.1, 0.15) is 12.2 Å². The number of alkyl halides is 3. The molecule has 0 N–H and O–H groups in total. The summed E-state index contributed by atoms with van der Waals surface area (Å²) in [6.07, 6.45) is 0. The van der Waals surface area contributed by atoms with Gasteiger partial charge in [-0.2, -0.15) is 0 Å². The molecule has 72 valence electrons. The van der Waals surface area contributed by atoms with Crippen LogP contribution in [0.1, 0.15) is 20.8 Å². The molecular formula is C7H11Cl3O2. The summed E-state index contributed by atoms with van der Waals surface area (Å²) >= 11 is 17.5. The van der Waals surface area contributed by atoms with Gasteiger partial charge in [-0.05, 0) is 20.8 Å². The molecule has 1 atom stereocenters. The molecule has 0 aromatic heterocycles. The first kappa shape index (κ1) is 10.9. The van der Waals surface area contributed by atoms with Crippen molar-refractivity contribution in [3.05, 3.63) is 0 Å². The molecule has 1 aliphatic heterocycles. The summed E-state index contributed by atoms with van der Waals surface area (Å²) in [6, 6.07) is 0. The van der Waals surface area contributed by atoms with Crippen molar-refractivity contribution in [3.63, 3.8) is 0 Å². The van der Waals surface area contributed by atoms with Crippen molar-refractivity contribution in [1.29, 1.82) is 0 Å². The molecule has 0 aromatic rings. The van der Waals surface area contributed by atoms with E-state index in [9.17, 15) is 0 Å². The lowest BCUT2D eigenvalue weighted by Gasteiger charge is -2.47. The number of ether oxygens (including phenoxy) is 2. The maximum Gasteiger partial charge on any atom is 0.242 e. The van der Waals surface area contributed by atoms with E-state index in [1.165, 1.54) is 0 Å². The second-order valence-electron chi connectivity index (χ2n) is 3.46. The van der Waals surface area contributed by atoms with E-state index in [0.29, 0.717) is 0 Å². The molecule has 0 aromatic carbocycles. The third kappa shape index (κ3) is 1.99. The topological polar surface area (TPSA) is 18.5 Å². The van der Waals surface area contributed by atoms with Crippen LogP contribution in [-0.2, 0) is 9.47 Å². The predicted molar refractivity (Wildman–Crippen MR) is 49.8 cm³/mol. The molecule has 1 rings (SSSR count). The highest BCUT2D eigenvalue weighted by molar-refractivity contribution is 6.47. The zero-order valence-corrected chi connectivity index (χ0v) is 9.43. The van der Waals surface area contributed by atoms with Gasteiger partial charge in [-0.3, -0.25) is 0 Å². The van der Waals surface area contributed by atoms with Crippen LogP contribution in [0.25, 0.3) is 0 Å². The van der Waals surface area contributed by atoms with Crippen molar-refractivity contribution in [3.8, 4) is 0 Å². The Morgan fingerprint density at radius 1 is 1.08 bits per heavy atom. The van der Waals surface area contributed by atoms with Crippen molar-refractivity contribution in [2.24, 2.45) is 0 Å². The Balaban J connectivity index is 2.82. The third-order valence-electron chi connectivity index (χ3n) is 2.02. The molecule has 0 amide bonds. The molecule has 2 nitrogen and oxygen atoms in total. The monoisotopic (exact) mass is 232 g/mol. The summed E-state index contributed by atoms with van der Waals surface area (Å²) in [5, 5.41) is -1.01. The van der Waals surface area contributed by atoms with Crippen LogP contribution in [0.15, 0.2) is 0 Å². The van der Waals surface area contributed by atoms with Crippen molar-refractivity contribution < 1.29 is 9.47 Å². The van der Waals surface area contributed by atoms with E-state index >= 15 is 0 Å². The van der Waals surface area contributed by atoms with Gasteiger partial charge in [0.05, 0.1) is 0 Å². The summed E-state index contributed by atoms with van der Waals surface area (Å²) in [5.74, 6) is 0. The fraction of sp³-hybridized carbons (Fsp3) is 1.00. The van der Waals surface area contributed by atoms with Gasteiger partial charge >= 0.3 is 0 Å². The number of hydrogen-bond donors (Lipinski definition) is 0. The Labute approximate surface area is 87.1 Å². The molecule has 0 radical (unpaired) electrons. The van der Waals surface area contributed by atoms with E-state index in [0.717, 1.165) is 0 Å². The highest BCUT2D eigenvalue weighted by Crippen LogP contribution is 2.44. The summed E-state index contributed by atoms with van der Waals surface area (Å²) in [4.78, 5) is 0. The highest BCUT2D eigenvalue weighted by Gasteiger charge is 2.52. The molecule has 1 saturated heterocycles. The van der Waals surface area contributed by atoms with Crippen LogP contribution in [0.2, 0.25) is 0 Å². The summed E-state index contributed by atoms with van der Waals surface area (Å²) in [7, 11) is 0. The van der Waals surface area contributed by atoms with Crippen LogP contribution in [0.4, 0.5) is 0 Å². The van der Waals surface area contributed by atoms with Crippen molar-refractivity contribution in [1.82, 2.24) is 0 Å². The maximum absolute atomic E-state index is 6.03. The van der Waals surface area contributed by atoms with E-state index in [1.54, 1.807) is 6.92 Å². The number of hydrogen-bond acceptors (Lipinski definition) is 2. The van der Waals surface area contributed by atoms with Gasteiger partial charge in [-0.15, -0.1) is 0 Å². The van der Waals surface area contributed by atoms with Crippen LogP contribution in [0.3, 0.4) is 0 Å². The standard InChI is InChI=1S/C7H11Cl3O2/c1-5(2)6(3,8)12-7(9,10)4-11-5/h4H2,1-3H3. The van der Waals surface area contributed by atoms with E-state index in [2.05, 4.69) is 0 Å². The molecule has 0 spiro atoms. The molecule has 1 heterocycles. The van der Waals surface area contributed by atoms with Crippen LogP contribution in [0.5, 0.6) is 0 Å². The average molecular weight is 234 g/mol. The Hall–Kier alpha value is 0.790. The molecule has 1 aliphatic rings. The van der Waals surface area contributed by atoms with Crippen molar-refractivity contribution in [2.45, 2.75) is 36.0 Å². The first-order valence-electron chi connectivity index (χ1n) is 3.57. The lowest BCUT2D eigenvalue weighted by Crippen LogP contribution is -2.57. The van der Waals surface area contributed by atoms with Crippen molar-refractivity contribution >= 4 is 34.8 Å². The minimum Gasteiger partial charge on any atom is -0.366 e. The van der Waals surface area contributed by atoms with Crippen LogP contribution < -0.4 is 0 Å². The van der Waals surface area contributed by atoms with E-state index in [1.807, 2.05) is 13.8 Å². The van der Waals surface area contributed by atoms with Gasteiger partial charge in [0.25, 0.3) is 0 Å². The normalized spacial score (nSPS) is 39.5. The molecular weight excluding hydrogens is 222 g/mol. The highest BCUT2D eigenvalue weighted by atomic mass is 35.5. The van der Waals surface area contributed by atoms with Crippen molar-refractivity contribution in [2.75, 3.05) is 6.61 Å². The van der Waals surface area contributed by atoms with E-state index in [-0.39, 0.29) is 6.61 Å². The largest absolute Gasteiger partial charge is 0.366 e. The molecule has 0 bridgehead atoms. The van der Waals surface area contributed by atoms with Crippen LogP contribution in [0, 0.1) is 0 Å². The smallest absolute Gasteiger partial charge is 0.242 e. The molecule has 1 unspecified atom stereocenters. The molecule has 0 saturated carbocycles. The van der Waals surface area contributed by atoms with Crippen LogP contribution >= 0.6 is 34.8 Å². The Morgan fingerprint density at radius 3 is 1.92 bits per heavy atom. The van der Waals surface area contributed by atoms with E-state index in [4.69, 9.17) is 44.3 Å². The minimum absolute atomic E-state index is 0.116. The fourth-order valence-electron chi connectivity index (χ4n) is 0.826. The molecule has 5 heteroatoms. The van der Waals surface area contributed by atoms with Gasteiger partial charge in [0.15, 0.2) is 5.06 Å². The summed E-state index contributed by atoms with van der Waals surface area (Å²) < 4.78 is 9.28. The molecule has 12 heavy (non-hydrogen) atoms. The maximum atomic E-state index is 6.03. The average Bonchev–Trinajstić information content (AvgIpc) is 1.79. The van der Waals surface area contributed by atoms with Gasteiger partial charge in [0.2, 0.25) is 4.52 Å². The lowest BCUT2D eigenvalue weighted by atomic mass is 10.0. The molecule has 0 aliphatic carbocycles. The zero-order chi connectivity index (χ0) is 9.62. The predicted octanol–water partition coefficient (Wildman–Crippen LogP) is 2.90. The third-order valence-corrected chi connectivity index (χ3v) is 2.92. The van der Waals surface area contributed by atoms with Gasteiger partial charge in [-0.1, -0.05) is 34.8 Å².